The quantitative estimate of drug-likeness (QED) is 0.458. The molecule has 0 saturated carbocycles. The first-order valence-corrected chi connectivity index (χ1v) is 9.44. The molecule has 3 heteroatoms. The van der Waals surface area contributed by atoms with E-state index >= 15 is 0 Å². The highest BCUT2D eigenvalue weighted by molar-refractivity contribution is 5.63. The van der Waals surface area contributed by atoms with Crippen LogP contribution in [0.25, 0.3) is 11.4 Å². The van der Waals surface area contributed by atoms with E-state index in [2.05, 4.69) is 35.9 Å². The molecule has 0 bridgehead atoms. The van der Waals surface area contributed by atoms with Crippen molar-refractivity contribution in [1.82, 2.24) is 9.97 Å². The Kier molecular flexibility index (Phi) is 7.73. The fraction of sp³-hybridized carbons (Fsp3) is 0.524. The van der Waals surface area contributed by atoms with Crippen LogP contribution in [0.5, 0.6) is 0 Å². The number of nitrogen functional groups attached to an aromatic ring is 1. The van der Waals surface area contributed by atoms with Crippen LogP contribution in [-0.4, -0.2) is 9.97 Å². The van der Waals surface area contributed by atoms with Gasteiger partial charge in [-0.15, -0.1) is 0 Å². The van der Waals surface area contributed by atoms with Gasteiger partial charge < -0.3 is 5.73 Å². The zero-order valence-corrected chi connectivity index (χ0v) is 15.2. The smallest absolute Gasteiger partial charge is 0.159 e. The molecule has 0 atom stereocenters. The highest BCUT2D eigenvalue weighted by Gasteiger charge is 2.06. The van der Waals surface area contributed by atoms with Crippen LogP contribution in [0.15, 0.2) is 30.6 Å². The maximum absolute atomic E-state index is 6.21. The topological polar surface area (TPSA) is 51.8 Å². The minimum atomic E-state index is 0.763. The zero-order valence-electron chi connectivity index (χ0n) is 15.2. The summed E-state index contributed by atoms with van der Waals surface area (Å²) >= 11 is 0. The number of hydrogen-bond donors (Lipinski definition) is 1. The third-order valence-electron chi connectivity index (χ3n) is 4.48. The Morgan fingerprint density at radius 3 is 2.17 bits per heavy atom. The van der Waals surface area contributed by atoms with E-state index in [-0.39, 0.29) is 0 Å². The Hall–Kier alpha value is -1.90. The van der Waals surface area contributed by atoms with Crippen molar-refractivity contribution in [2.45, 2.75) is 71.6 Å². The second-order valence-corrected chi connectivity index (χ2v) is 6.60. The summed E-state index contributed by atoms with van der Waals surface area (Å²) in [5.41, 5.74) is 10.5. The Bertz CT molecular complexity index is 605. The van der Waals surface area contributed by atoms with Crippen molar-refractivity contribution < 1.29 is 0 Å². The number of hydrogen-bond acceptors (Lipinski definition) is 3. The van der Waals surface area contributed by atoms with E-state index in [1.165, 1.54) is 56.1 Å². The molecule has 0 unspecified atom stereocenters. The third kappa shape index (κ3) is 5.63. The predicted octanol–water partition coefficient (Wildman–Crippen LogP) is 5.58. The number of unbranched alkanes of at least 4 members (excludes halogenated alkanes) is 5. The second-order valence-electron chi connectivity index (χ2n) is 6.60. The molecule has 3 nitrogen and oxygen atoms in total. The molecule has 24 heavy (non-hydrogen) atoms. The SMILES string of the molecule is CCCCCCc1cnc(-c2ccc(CCCCC)c(N)c2)nc1. The average molecular weight is 326 g/mol. The van der Waals surface area contributed by atoms with Gasteiger partial charge in [0.05, 0.1) is 0 Å². The van der Waals surface area contributed by atoms with Gasteiger partial charge in [0.1, 0.15) is 0 Å². The van der Waals surface area contributed by atoms with Gasteiger partial charge in [-0.05, 0) is 42.9 Å². The van der Waals surface area contributed by atoms with Crippen LogP contribution in [0, 0.1) is 0 Å². The fourth-order valence-electron chi connectivity index (χ4n) is 2.92. The Morgan fingerprint density at radius 1 is 0.833 bits per heavy atom. The second kappa shape index (κ2) is 10.1. The molecule has 0 saturated heterocycles. The van der Waals surface area contributed by atoms with Crippen LogP contribution >= 0.6 is 0 Å². The molecule has 0 amide bonds. The first kappa shape index (κ1) is 18.4. The molecule has 0 radical (unpaired) electrons. The van der Waals surface area contributed by atoms with Crippen LogP contribution in [0.4, 0.5) is 5.69 Å². The molecule has 0 spiro atoms. The molecule has 2 rings (SSSR count). The molecular weight excluding hydrogens is 294 g/mol. The number of nitrogens with two attached hydrogens (primary N) is 1. The van der Waals surface area contributed by atoms with Crippen LogP contribution < -0.4 is 5.73 Å². The van der Waals surface area contributed by atoms with Crippen molar-refractivity contribution in [2.75, 3.05) is 5.73 Å². The Balaban J connectivity index is 1.97. The van der Waals surface area contributed by atoms with Gasteiger partial charge in [0, 0.05) is 23.6 Å². The van der Waals surface area contributed by atoms with Gasteiger partial charge in [-0.2, -0.15) is 0 Å². The van der Waals surface area contributed by atoms with Crippen molar-refractivity contribution in [1.29, 1.82) is 0 Å². The fourth-order valence-corrected chi connectivity index (χ4v) is 2.92. The Labute approximate surface area is 146 Å². The number of anilines is 1. The Morgan fingerprint density at radius 2 is 1.50 bits per heavy atom. The zero-order chi connectivity index (χ0) is 17.2. The monoisotopic (exact) mass is 325 g/mol. The molecule has 1 aromatic carbocycles. The molecule has 0 aliphatic carbocycles. The van der Waals surface area contributed by atoms with E-state index in [1.54, 1.807) is 0 Å². The average Bonchev–Trinajstić information content (AvgIpc) is 2.61. The maximum Gasteiger partial charge on any atom is 0.159 e. The summed E-state index contributed by atoms with van der Waals surface area (Å²) < 4.78 is 0. The summed E-state index contributed by atoms with van der Waals surface area (Å²) in [7, 11) is 0. The summed E-state index contributed by atoms with van der Waals surface area (Å²) in [6.07, 6.45) is 14.8. The highest BCUT2D eigenvalue weighted by Crippen LogP contribution is 2.23. The molecule has 0 fully saturated rings. The van der Waals surface area contributed by atoms with Crippen LogP contribution in [0.1, 0.15) is 69.9 Å². The molecule has 130 valence electrons. The lowest BCUT2D eigenvalue weighted by Gasteiger charge is -2.08. The van der Waals surface area contributed by atoms with Gasteiger partial charge in [-0.1, -0.05) is 58.1 Å². The largest absolute Gasteiger partial charge is 0.398 e. The van der Waals surface area contributed by atoms with Gasteiger partial charge in [-0.3, -0.25) is 0 Å². The maximum atomic E-state index is 6.21. The lowest BCUT2D eigenvalue weighted by molar-refractivity contribution is 0.665. The van der Waals surface area contributed by atoms with Crippen molar-refractivity contribution in [3.05, 3.63) is 41.7 Å². The van der Waals surface area contributed by atoms with Crippen LogP contribution in [0.3, 0.4) is 0 Å². The standard InChI is InChI=1S/C21H31N3/c1-3-5-7-9-10-17-15-23-21(24-16-17)19-13-12-18(20(22)14-19)11-8-6-4-2/h12-16H,3-11,22H2,1-2H3. The van der Waals surface area contributed by atoms with E-state index in [4.69, 9.17) is 5.73 Å². The third-order valence-corrected chi connectivity index (χ3v) is 4.48. The lowest BCUT2D eigenvalue weighted by Crippen LogP contribution is -1.97. The van der Waals surface area contributed by atoms with Crippen molar-refractivity contribution in [3.8, 4) is 11.4 Å². The van der Waals surface area contributed by atoms with E-state index in [0.717, 1.165) is 29.9 Å². The van der Waals surface area contributed by atoms with E-state index in [1.807, 2.05) is 18.5 Å². The minimum Gasteiger partial charge on any atom is -0.398 e. The van der Waals surface area contributed by atoms with E-state index in [0.29, 0.717) is 0 Å². The summed E-state index contributed by atoms with van der Waals surface area (Å²) in [6, 6.07) is 6.23. The molecule has 2 N–H and O–H groups in total. The predicted molar refractivity (Wildman–Crippen MR) is 103 cm³/mol. The molecule has 0 aliphatic heterocycles. The first-order valence-electron chi connectivity index (χ1n) is 9.44. The van der Waals surface area contributed by atoms with E-state index < -0.39 is 0 Å². The molecule has 2 aromatic rings. The molecule has 0 aliphatic rings. The summed E-state index contributed by atoms with van der Waals surface area (Å²) in [5.74, 6) is 0.763. The van der Waals surface area contributed by atoms with E-state index in [9.17, 15) is 0 Å². The number of aryl methyl sites for hydroxylation is 2. The van der Waals surface area contributed by atoms with Gasteiger partial charge >= 0.3 is 0 Å². The van der Waals surface area contributed by atoms with Crippen molar-refractivity contribution in [2.24, 2.45) is 0 Å². The van der Waals surface area contributed by atoms with Gasteiger partial charge in [0.2, 0.25) is 0 Å². The van der Waals surface area contributed by atoms with Gasteiger partial charge in [0.25, 0.3) is 0 Å². The highest BCUT2D eigenvalue weighted by atomic mass is 14.9. The normalized spacial score (nSPS) is 10.9. The summed E-state index contributed by atoms with van der Waals surface area (Å²) in [5, 5.41) is 0. The number of rotatable bonds is 10. The number of benzene rings is 1. The minimum absolute atomic E-state index is 0.763. The van der Waals surface area contributed by atoms with Crippen LogP contribution in [0.2, 0.25) is 0 Å². The number of nitrogens with zero attached hydrogens (tertiary/aromatic N) is 2. The van der Waals surface area contributed by atoms with Gasteiger partial charge in [0.15, 0.2) is 5.82 Å². The molecule has 1 heterocycles. The summed E-state index contributed by atoms with van der Waals surface area (Å²) in [6.45, 7) is 4.45. The molecule has 1 aromatic heterocycles. The van der Waals surface area contributed by atoms with Gasteiger partial charge in [-0.25, -0.2) is 9.97 Å². The molecular formula is C21H31N3. The van der Waals surface area contributed by atoms with Crippen LogP contribution in [-0.2, 0) is 12.8 Å². The van der Waals surface area contributed by atoms with Crippen molar-refractivity contribution in [3.63, 3.8) is 0 Å². The van der Waals surface area contributed by atoms with Crippen molar-refractivity contribution >= 4 is 5.69 Å². The summed E-state index contributed by atoms with van der Waals surface area (Å²) in [4.78, 5) is 9.05. The number of aromatic nitrogens is 2. The first-order chi connectivity index (χ1) is 11.7. The lowest BCUT2D eigenvalue weighted by atomic mass is 10.0.